The Labute approximate surface area is 169 Å². The molecule has 148 valence electrons. The maximum absolute atomic E-state index is 12.5. The summed E-state index contributed by atoms with van der Waals surface area (Å²) in [5.74, 6) is 0.913. The molecule has 4 heteroatoms. The van der Waals surface area contributed by atoms with Crippen molar-refractivity contribution in [2.24, 2.45) is 10.4 Å². The Kier molecular flexibility index (Phi) is 7.23. The van der Waals surface area contributed by atoms with Crippen LogP contribution in [-0.2, 0) is 6.42 Å². The minimum atomic E-state index is -0.384. The van der Waals surface area contributed by atoms with Crippen LogP contribution in [0.5, 0.6) is 0 Å². The lowest BCUT2D eigenvalue weighted by molar-refractivity contribution is 0.0858. The first-order valence-corrected chi connectivity index (χ1v) is 9.79. The second kappa shape index (κ2) is 9.41. The van der Waals surface area contributed by atoms with E-state index in [1.807, 2.05) is 33.9 Å². The van der Waals surface area contributed by atoms with Crippen LogP contribution in [0, 0.1) is 25.2 Å². The standard InChI is InChI=1S/C22H29N3O.C2H2/c1-16-19(20(26)22(2,3)4)15-24-21(16)23-12-11-17-7-9-18(10-8-17)25-13-5-6-14-25;1-2/h7-10,12,15,24H,5-6,11,13-14H2,1-4H3;1-2H/b23-12-;. The molecule has 28 heavy (non-hydrogen) atoms. The summed E-state index contributed by atoms with van der Waals surface area (Å²) in [6, 6.07) is 8.76. The Morgan fingerprint density at radius 1 is 1.18 bits per heavy atom. The minimum absolute atomic E-state index is 0.144. The predicted molar refractivity (Wildman–Crippen MR) is 119 cm³/mol. The second-order valence-electron chi connectivity index (χ2n) is 8.13. The minimum Gasteiger partial charge on any atom is -0.372 e. The smallest absolute Gasteiger partial charge is 0.170 e. The number of terminal acetylenes is 1. The second-order valence-corrected chi connectivity index (χ2v) is 8.13. The molecular formula is C24H31N3O. The molecule has 0 unspecified atom stereocenters. The normalized spacial score (nSPS) is 14.1. The number of aromatic nitrogens is 1. The maximum atomic E-state index is 12.5. The first-order valence-electron chi connectivity index (χ1n) is 9.79. The van der Waals surface area contributed by atoms with Gasteiger partial charge in [0.1, 0.15) is 5.82 Å². The van der Waals surface area contributed by atoms with Crippen LogP contribution in [0.25, 0.3) is 0 Å². The zero-order chi connectivity index (χ0) is 20.7. The van der Waals surface area contributed by atoms with Crippen molar-refractivity contribution in [3.8, 4) is 12.8 Å². The Morgan fingerprint density at radius 3 is 2.36 bits per heavy atom. The Balaban J connectivity index is 0.00000136. The number of carbonyl (C=O) groups excluding carboxylic acids is 1. The number of aromatic amines is 1. The van der Waals surface area contributed by atoms with E-state index in [9.17, 15) is 4.79 Å². The average Bonchev–Trinajstić information content (AvgIpc) is 3.33. The van der Waals surface area contributed by atoms with E-state index >= 15 is 0 Å². The van der Waals surface area contributed by atoms with Gasteiger partial charge in [0.05, 0.1) is 0 Å². The number of hydrogen-bond donors (Lipinski definition) is 1. The summed E-state index contributed by atoms with van der Waals surface area (Å²) in [5.41, 5.74) is 3.83. The number of benzene rings is 1. The zero-order valence-electron chi connectivity index (χ0n) is 17.5. The van der Waals surface area contributed by atoms with Crippen LogP contribution in [-0.4, -0.2) is 30.1 Å². The highest BCUT2D eigenvalue weighted by Gasteiger charge is 2.25. The van der Waals surface area contributed by atoms with Crippen molar-refractivity contribution in [3.63, 3.8) is 0 Å². The topological polar surface area (TPSA) is 48.5 Å². The third kappa shape index (κ3) is 5.13. The number of aliphatic imine (C=N–C) groups is 1. The highest BCUT2D eigenvalue weighted by atomic mass is 16.1. The molecule has 1 aromatic carbocycles. The lowest BCUT2D eigenvalue weighted by atomic mass is 9.86. The summed E-state index contributed by atoms with van der Waals surface area (Å²) in [5, 5.41) is 0. The van der Waals surface area contributed by atoms with Crippen molar-refractivity contribution in [2.75, 3.05) is 18.0 Å². The van der Waals surface area contributed by atoms with E-state index in [2.05, 4.69) is 52.0 Å². The van der Waals surface area contributed by atoms with Crippen LogP contribution in [0.15, 0.2) is 35.5 Å². The SMILES string of the molecule is C#C.Cc1c(C(=O)C(C)(C)C)c[nH]c1/N=C\Cc1ccc(N2CCCC2)cc1. The molecular weight excluding hydrogens is 346 g/mol. The number of hydrogen-bond acceptors (Lipinski definition) is 3. The largest absolute Gasteiger partial charge is 0.372 e. The first-order chi connectivity index (χ1) is 13.4. The van der Waals surface area contributed by atoms with Crippen molar-refractivity contribution in [1.82, 2.24) is 4.98 Å². The van der Waals surface area contributed by atoms with Gasteiger partial charge in [-0.2, -0.15) is 0 Å². The van der Waals surface area contributed by atoms with Crippen molar-refractivity contribution in [1.29, 1.82) is 0 Å². The molecule has 1 aromatic heterocycles. The summed E-state index contributed by atoms with van der Waals surface area (Å²) in [6.45, 7) is 10.1. The number of anilines is 1. The summed E-state index contributed by atoms with van der Waals surface area (Å²) in [6.07, 6.45) is 15.1. The van der Waals surface area contributed by atoms with Crippen molar-refractivity contribution >= 4 is 23.5 Å². The molecule has 1 aliphatic heterocycles. The van der Waals surface area contributed by atoms with Gasteiger partial charge in [0, 0.05) is 54.2 Å². The number of Topliss-reactive ketones (excluding diaryl/α,β-unsaturated/α-hetero) is 1. The number of nitrogens with zero attached hydrogens (tertiary/aromatic N) is 2. The maximum Gasteiger partial charge on any atom is 0.170 e. The molecule has 1 aliphatic rings. The van der Waals surface area contributed by atoms with Gasteiger partial charge in [-0.3, -0.25) is 4.79 Å². The van der Waals surface area contributed by atoms with Crippen LogP contribution < -0.4 is 4.90 Å². The monoisotopic (exact) mass is 377 g/mol. The van der Waals surface area contributed by atoms with Gasteiger partial charge in [0.2, 0.25) is 0 Å². The zero-order valence-corrected chi connectivity index (χ0v) is 17.5. The molecule has 2 heterocycles. The van der Waals surface area contributed by atoms with Gasteiger partial charge in [-0.15, -0.1) is 12.8 Å². The molecule has 2 aromatic rings. The number of carbonyl (C=O) groups is 1. The summed E-state index contributed by atoms with van der Waals surface area (Å²) < 4.78 is 0. The van der Waals surface area contributed by atoms with E-state index in [0.29, 0.717) is 0 Å². The molecule has 0 radical (unpaired) electrons. The fraction of sp³-hybridized carbons (Fsp3) is 0.417. The van der Waals surface area contributed by atoms with Gasteiger partial charge in [-0.1, -0.05) is 32.9 Å². The van der Waals surface area contributed by atoms with Crippen LogP contribution in [0.3, 0.4) is 0 Å². The molecule has 1 saturated heterocycles. The van der Waals surface area contributed by atoms with E-state index < -0.39 is 0 Å². The number of nitrogens with one attached hydrogen (secondary N) is 1. The highest BCUT2D eigenvalue weighted by Crippen LogP contribution is 2.27. The lowest BCUT2D eigenvalue weighted by Crippen LogP contribution is -2.20. The summed E-state index contributed by atoms with van der Waals surface area (Å²) >= 11 is 0. The highest BCUT2D eigenvalue weighted by molar-refractivity contribution is 6.01. The molecule has 0 atom stereocenters. The van der Waals surface area contributed by atoms with E-state index in [0.717, 1.165) is 23.4 Å². The average molecular weight is 378 g/mol. The van der Waals surface area contributed by atoms with Gasteiger partial charge in [0.15, 0.2) is 5.78 Å². The molecule has 0 amide bonds. The Morgan fingerprint density at radius 2 is 1.79 bits per heavy atom. The Hall–Kier alpha value is -2.80. The van der Waals surface area contributed by atoms with Crippen LogP contribution in [0.4, 0.5) is 11.5 Å². The van der Waals surface area contributed by atoms with E-state index in [-0.39, 0.29) is 11.2 Å². The molecule has 0 aliphatic carbocycles. The molecule has 1 N–H and O–H groups in total. The molecule has 0 saturated carbocycles. The van der Waals surface area contributed by atoms with Gasteiger partial charge in [-0.25, -0.2) is 4.99 Å². The van der Waals surface area contributed by atoms with Crippen LogP contribution in [0.1, 0.15) is 55.1 Å². The third-order valence-corrected chi connectivity index (χ3v) is 4.99. The molecule has 4 nitrogen and oxygen atoms in total. The van der Waals surface area contributed by atoms with E-state index in [4.69, 9.17) is 0 Å². The predicted octanol–water partition coefficient (Wildman–Crippen LogP) is 5.35. The third-order valence-electron chi connectivity index (χ3n) is 4.99. The fourth-order valence-electron chi connectivity index (χ4n) is 3.32. The summed E-state index contributed by atoms with van der Waals surface area (Å²) in [7, 11) is 0. The van der Waals surface area contributed by atoms with Gasteiger partial charge in [0.25, 0.3) is 0 Å². The molecule has 0 spiro atoms. The number of rotatable bonds is 5. The van der Waals surface area contributed by atoms with E-state index in [1.54, 1.807) is 6.20 Å². The molecule has 0 bridgehead atoms. The first kappa shape index (κ1) is 21.5. The quantitative estimate of drug-likeness (QED) is 0.434. The number of H-pyrrole nitrogens is 1. The molecule has 1 fully saturated rings. The van der Waals surface area contributed by atoms with Gasteiger partial charge >= 0.3 is 0 Å². The van der Waals surface area contributed by atoms with E-state index in [1.165, 1.54) is 37.2 Å². The summed E-state index contributed by atoms with van der Waals surface area (Å²) in [4.78, 5) is 22.6. The fourth-order valence-corrected chi connectivity index (χ4v) is 3.32. The van der Waals surface area contributed by atoms with Gasteiger partial charge < -0.3 is 9.88 Å². The van der Waals surface area contributed by atoms with Gasteiger partial charge in [-0.05, 0) is 37.5 Å². The lowest BCUT2D eigenvalue weighted by Gasteiger charge is -2.17. The van der Waals surface area contributed by atoms with Crippen molar-refractivity contribution in [3.05, 3.63) is 47.2 Å². The van der Waals surface area contributed by atoms with Crippen molar-refractivity contribution in [2.45, 2.75) is 47.0 Å². The van der Waals surface area contributed by atoms with Crippen LogP contribution >= 0.6 is 0 Å². The Bertz CT molecular complexity index is 829. The number of ketones is 1. The van der Waals surface area contributed by atoms with Crippen LogP contribution in [0.2, 0.25) is 0 Å². The van der Waals surface area contributed by atoms with Crippen molar-refractivity contribution < 1.29 is 4.79 Å². The molecule has 3 rings (SSSR count).